The zero-order chi connectivity index (χ0) is 16.3. The van der Waals surface area contributed by atoms with Crippen molar-refractivity contribution < 1.29 is 23.8 Å². The summed E-state index contributed by atoms with van der Waals surface area (Å²) in [5.41, 5.74) is 12.1. The maximum Gasteiger partial charge on any atom is 0.350 e. The normalized spacial score (nSPS) is 13.6. The molecular weight excluding hydrogens is 315 g/mol. The zero-order valence-corrected chi connectivity index (χ0v) is 12.7. The zero-order valence-electron chi connectivity index (χ0n) is 11.8. The van der Waals surface area contributed by atoms with Crippen LogP contribution < -0.4 is 11.5 Å². The SMILES string of the molecule is COC[C@H](Cn1cnc2c(N)nc(N)nc21)OCP(=O)(O)O. The number of aromatic nitrogens is 4. The Balaban J connectivity index is 2.21. The molecule has 0 aliphatic heterocycles. The number of hydrogen-bond acceptors (Lipinski definition) is 8. The third kappa shape index (κ3) is 4.12. The van der Waals surface area contributed by atoms with E-state index in [1.54, 1.807) is 4.57 Å². The molecule has 11 nitrogen and oxygen atoms in total. The van der Waals surface area contributed by atoms with E-state index in [9.17, 15) is 4.57 Å². The molecule has 0 aromatic carbocycles. The summed E-state index contributed by atoms with van der Waals surface area (Å²) in [5, 5.41) is 0. The van der Waals surface area contributed by atoms with Gasteiger partial charge in [0.15, 0.2) is 11.5 Å². The average Bonchev–Trinajstić information content (AvgIpc) is 2.79. The number of anilines is 2. The highest BCUT2D eigenvalue weighted by Gasteiger charge is 2.20. The highest BCUT2D eigenvalue weighted by molar-refractivity contribution is 7.51. The van der Waals surface area contributed by atoms with E-state index in [2.05, 4.69) is 15.0 Å². The van der Waals surface area contributed by atoms with Gasteiger partial charge in [-0.15, -0.1) is 0 Å². The van der Waals surface area contributed by atoms with Crippen LogP contribution in [-0.4, -0.2) is 55.5 Å². The van der Waals surface area contributed by atoms with E-state index < -0.39 is 20.0 Å². The number of imidazole rings is 1. The van der Waals surface area contributed by atoms with Gasteiger partial charge >= 0.3 is 7.60 Å². The molecule has 0 amide bonds. The second-order valence-electron chi connectivity index (χ2n) is 4.57. The molecule has 12 heteroatoms. The molecule has 2 aromatic heterocycles. The van der Waals surface area contributed by atoms with Gasteiger partial charge in [-0.25, -0.2) is 4.98 Å². The highest BCUT2D eigenvalue weighted by Crippen LogP contribution is 2.34. The van der Waals surface area contributed by atoms with Gasteiger partial charge in [-0.05, 0) is 0 Å². The fourth-order valence-electron chi connectivity index (χ4n) is 1.88. The van der Waals surface area contributed by atoms with Crippen molar-refractivity contribution in [2.45, 2.75) is 12.6 Å². The lowest BCUT2D eigenvalue weighted by molar-refractivity contribution is 0.00416. The number of rotatable bonds is 7. The van der Waals surface area contributed by atoms with E-state index in [0.717, 1.165) is 0 Å². The number of hydrogen-bond donors (Lipinski definition) is 4. The van der Waals surface area contributed by atoms with Crippen LogP contribution >= 0.6 is 7.60 Å². The summed E-state index contributed by atoms with van der Waals surface area (Å²) in [4.78, 5) is 29.7. The van der Waals surface area contributed by atoms with Crippen molar-refractivity contribution in [3.05, 3.63) is 6.33 Å². The van der Waals surface area contributed by atoms with Crippen LogP contribution in [0.15, 0.2) is 6.33 Å². The quantitative estimate of drug-likeness (QED) is 0.468. The predicted octanol–water partition coefficient (Wildman–Crippen LogP) is -0.842. The van der Waals surface area contributed by atoms with Crippen LogP contribution in [0.1, 0.15) is 0 Å². The minimum atomic E-state index is -4.27. The molecule has 2 aromatic rings. The Morgan fingerprint density at radius 2 is 2.14 bits per heavy atom. The summed E-state index contributed by atoms with van der Waals surface area (Å²) in [6, 6.07) is 0. The summed E-state index contributed by atoms with van der Waals surface area (Å²) in [7, 11) is -2.81. The Bertz CT molecular complexity index is 700. The molecular formula is C10H17N6O5P. The van der Waals surface area contributed by atoms with E-state index in [0.29, 0.717) is 11.2 Å². The maximum absolute atomic E-state index is 10.9. The lowest BCUT2D eigenvalue weighted by Crippen LogP contribution is -2.25. The Morgan fingerprint density at radius 1 is 1.41 bits per heavy atom. The molecule has 2 heterocycles. The molecule has 0 aliphatic rings. The van der Waals surface area contributed by atoms with Crippen molar-refractivity contribution in [3.8, 4) is 0 Å². The number of fused-ring (bicyclic) bond motifs is 1. The highest BCUT2D eigenvalue weighted by atomic mass is 31.2. The van der Waals surface area contributed by atoms with Crippen LogP contribution in [-0.2, 0) is 20.6 Å². The van der Waals surface area contributed by atoms with Gasteiger partial charge in [0.05, 0.1) is 25.6 Å². The molecule has 0 bridgehead atoms. The van der Waals surface area contributed by atoms with Crippen LogP contribution in [0, 0.1) is 0 Å². The van der Waals surface area contributed by atoms with E-state index in [4.69, 9.17) is 30.7 Å². The molecule has 6 N–H and O–H groups in total. The summed E-state index contributed by atoms with van der Waals surface area (Å²) < 4.78 is 22.7. The van der Waals surface area contributed by atoms with Gasteiger partial charge in [-0.1, -0.05) is 0 Å². The van der Waals surface area contributed by atoms with Gasteiger partial charge in [0, 0.05) is 7.11 Å². The molecule has 0 unspecified atom stereocenters. The third-order valence-corrected chi connectivity index (χ3v) is 3.22. The molecule has 0 fully saturated rings. The molecule has 2 rings (SSSR count). The lowest BCUT2D eigenvalue weighted by atomic mass is 10.3. The largest absolute Gasteiger partial charge is 0.382 e. The lowest BCUT2D eigenvalue weighted by Gasteiger charge is -2.18. The number of nitrogens with two attached hydrogens (primary N) is 2. The molecule has 0 saturated heterocycles. The third-order valence-electron chi connectivity index (χ3n) is 2.74. The fraction of sp³-hybridized carbons (Fsp3) is 0.500. The number of ether oxygens (including phenoxy) is 2. The Hall–Kier alpha value is -1.78. The number of nitrogens with zero attached hydrogens (tertiary/aromatic N) is 4. The van der Waals surface area contributed by atoms with Crippen LogP contribution in [0.4, 0.5) is 11.8 Å². The summed E-state index contributed by atoms with van der Waals surface area (Å²) in [6.07, 6.45) is 0.165. The van der Waals surface area contributed by atoms with E-state index in [-0.39, 0.29) is 24.9 Å². The van der Waals surface area contributed by atoms with Crippen LogP contribution in [0.25, 0.3) is 11.2 Å². The monoisotopic (exact) mass is 332 g/mol. The van der Waals surface area contributed by atoms with Crippen molar-refractivity contribution in [1.29, 1.82) is 0 Å². The summed E-state index contributed by atoms with van der Waals surface area (Å²) in [6.45, 7) is 0.343. The van der Waals surface area contributed by atoms with Gasteiger partial charge in [-0.2, -0.15) is 9.97 Å². The molecule has 22 heavy (non-hydrogen) atoms. The van der Waals surface area contributed by atoms with Gasteiger partial charge in [0.2, 0.25) is 5.95 Å². The summed E-state index contributed by atoms with van der Waals surface area (Å²) >= 11 is 0. The predicted molar refractivity (Wildman–Crippen MR) is 77.8 cm³/mol. The van der Waals surface area contributed by atoms with E-state index >= 15 is 0 Å². The van der Waals surface area contributed by atoms with Crippen molar-refractivity contribution in [1.82, 2.24) is 19.5 Å². The molecule has 0 aliphatic carbocycles. The second-order valence-corrected chi connectivity index (χ2v) is 6.16. The second kappa shape index (κ2) is 6.55. The molecule has 122 valence electrons. The van der Waals surface area contributed by atoms with Gasteiger partial charge < -0.3 is 35.3 Å². The first-order chi connectivity index (χ1) is 10.3. The molecule has 1 atom stereocenters. The van der Waals surface area contributed by atoms with Gasteiger partial charge in [-0.3, -0.25) is 4.57 Å². The summed E-state index contributed by atoms with van der Waals surface area (Å²) in [5.74, 6) is 0.159. The molecule has 0 radical (unpaired) electrons. The Labute approximate surface area is 125 Å². The number of methoxy groups -OCH3 is 1. The molecule has 0 saturated carbocycles. The first-order valence-corrected chi connectivity index (χ1v) is 7.99. The standard InChI is InChI=1S/C10H17N6O5P/c1-20-3-6(21-5-22(17,18)19)2-16-4-13-7-8(11)14-10(12)15-9(7)16/h4,6H,2-3,5H2,1H3,(H2,17,18,19)(H4,11,12,14,15)/t6-/m0/s1. The maximum atomic E-state index is 10.9. The Morgan fingerprint density at radius 3 is 2.77 bits per heavy atom. The minimum Gasteiger partial charge on any atom is -0.382 e. The van der Waals surface area contributed by atoms with Crippen LogP contribution in [0.3, 0.4) is 0 Å². The number of nitrogen functional groups attached to an aromatic ring is 2. The van der Waals surface area contributed by atoms with Crippen LogP contribution in [0.5, 0.6) is 0 Å². The Kier molecular flexibility index (Phi) is 4.94. The smallest absolute Gasteiger partial charge is 0.350 e. The van der Waals surface area contributed by atoms with Crippen molar-refractivity contribution in [3.63, 3.8) is 0 Å². The van der Waals surface area contributed by atoms with Crippen LogP contribution in [0.2, 0.25) is 0 Å². The first kappa shape index (κ1) is 16.6. The van der Waals surface area contributed by atoms with E-state index in [1.165, 1.54) is 13.4 Å². The van der Waals surface area contributed by atoms with Gasteiger partial charge in [0.1, 0.15) is 11.9 Å². The van der Waals surface area contributed by atoms with E-state index in [1.807, 2.05) is 0 Å². The average molecular weight is 332 g/mol. The fourth-order valence-corrected chi connectivity index (χ4v) is 2.28. The van der Waals surface area contributed by atoms with Crippen molar-refractivity contribution in [2.24, 2.45) is 0 Å². The topological polar surface area (TPSA) is 172 Å². The van der Waals surface area contributed by atoms with Crippen molar-refractivity contribution >= 4 is 30.5 Å². The van der Waals surface area contributed by atoms with Crippen molar-refractivity contribution in [2.75, 3.05) is 31.5 Å². The minimum absolute atomic E-state index is 0.00572. The molecule has 0 spiro atoms. The first-order valence-electron chi connectivity index (χ1n) is 6.19. The van der Waals surface area contributed by atoms with Gasteiger partial charge in [0.25, 0.3) is 0 Å².